The number of rotatable bonds is 4. The van der Waals surface area contributed by atoms with Crippen LogP contribution in [0.1, 0.15) is 16.6 Å². The highest BCUT2D eigenvalue weighted by molar-refractivity contribution is 7.21. The number of benzene rings is 1. The SMILES string of the molecule is CCOC(=O)c1sc2c(ccc(=O)n2-c2ccsc2)c1-c1ccccc1. The van der Waals surface area contributed by atoms with Gasteiger partial charge in [0.15, 0.2) is 0 Å². The van der Waals surface area contributed by atoms with E-state index in [4.69, 9.17) is 4.74 Å². The Bertz CT molecular complexity index is 1130. The molecule has 4 aromatic rings. The lowest BCUT2D eigenvalue weighted by molar-refractivity contribution is 0.0533. The van der Waals surface area contributed by atoms with E-state index in [1.807, 2.05) is 47.2 Å². The molecule has 0 radical (unpaired) electrons. The molecular weight excluding hydrogens is 366 g/mol. The zero-order chi connectivity index (χ0) is 18.1. The van der Waals surface area contributed by atoms with Crippen LogP contribution >= 0.6 is 22.7 Å². The number of nitrogens with zero attached hydrogens (tertiary/aromatic N) is 1. The topological polar surface area (TPSA) is 48.3 Å². The van der Waals surface area contributed by atoms with E-state index >= 15 is 0 Å². The summed E-state index contributed by atoms with van der Waals surface area (Å²) in [5.74, 6) is -0.364. The molecule has 0 saturated heterocycles. The summed E-state index contributed by atoms with van der Waals surface area (Å²) < 4.78 is 6.93. The van der Waals surface area contributed by atoms with Crippen LogP contribution in [-0.4, -0.2) is 17.1 Å². The third-order valence-electron chi connectivity index (χ3n) is 4.03. The van der Waals surface area contributed by atoms with Crippen LogP contribution in [0, 0.1) is 0 Å². The summed E-state index contributed by atoms with van der Waals surface area (Å²) in [6.07, 6.45) is 0. The van der Waals surface area contributed by atoms with Gasteiger partial charge in [0.2, 0.25) is 0 Å². The van der Waals surface area contributed by atoms with Gasteiger partial charge >= 0.3 is 5.97 Å². The fourth-order valence-corrected chi connectivity index (χ4v) is 4.79. The van der Waals surface area contributed by atoms with Crippen molar-refractivity contribution in [3.63, 3.8) is 0 Å². The summed E-state index contributed by atoms with van der Waals surface area (Å²) in [6, 6.07) is 15.0. The smallest absolute Gasteiger partial charge is 0.349 e. The number of aromatic nitrogens is 1. The van der Waals surface area contributed by atoms with Crippen LogP contribution in [0.15, 0.2) is 64.1 Å². The van der Waals surface area contributed by atoms with Gasteiger partial charge in [-0.3, -0.25) is 9.36 Å². The normalized spacial score (nSPS) is 11.0. The van der Waals surface area contributed by atoms with Crippen molar-refractivity contribution >= 4 is 38.9 Å². The molecule has 4 nitrogen and oxygen atoms in total. The average molecular weight is 381 g/mol. The molecule has 0 aliphatic heterocycles. The second-order valence-corrected chi connectivity index (χ2v) is 7.38. The maximum absolute atomic E-state index is 12.6. The van der Waals surface area contributed by atoms with Gasteiger partial charge in [-0.1, -0.05) is 30.3 Å². The van der Waals surface area contributed by atoms with E-state index in [2.05, 4.69) is 0 Å². The lowest BCUT2D eigenvalue weighted by Crippen LogP contribution is -2.15. The van der Waals surface area contributed by atoms with Gasteiger partial charge in [0.25, 0.3) is 5.56 Å². The van der Waals surface area contributed by atoms with Crippen LogP contribution in [0.4, 0.5) is 0 Å². The van der Waals surface area contributed by atoms with Crippen LogP contribution in [0.3, 0.4) is 0 Å². The Morgan fingerprint density at radius 3 is 2.62 bits per heavy atom. The second-order valence-electron chi connectivity index (χ2n) is 5.60. The molecule has 0 saturated carbocycles. The van der Waals surface area contributed by atoms with Crippen LogP contribution < -0.4 is 5.56 Å². The highest BCUT2D eigenvalue weighted by atomic mass is 32.1. The maximum atomic E-state index is 12.6. The Kier molecular flexibility index (Phi) is 4.44. The highest BCUT2D eigenvalue weighted by Crippen LogP contribution is 2.39. The van der Waals surface area contributed by atoms with Crippen LogP contribution in [-0.2, 0) is 4.74 Å². The van der Waals surface area contributed by atoms with Crippen molar-refractivity contribution in [2.24, 2.45) is 0 Å². The third-order valence-corrected chi connectivity index (χ3v) is 5.87. The molecule has 0 amide bonds. The van der Waals surface area contributed by atoms with Crippen molar-refractivity contribution < 1.29 is 9.53 Å². The number of thiophene rings is 2. The van der Waals surface area contributed by atoms with E-state index in [-0.39, 0.29) is 11.5 Å². The van der Waals surface area contributed by atoms with Gasteiger partial charge in [0.1, 0.15) is 9.71 Å². The Labute approximate surface area is 157 Å². The summed E-state index contributed by atoms with van der Waals surface area (Å²) >= 11 is 2.83. The molecule has 0 spiro atoms. The number of hydrogen-bond donors (Lipinski definition) is 0. The number of hydrogen-bond acceptors (Lipinski definition) is 5. The molecular formula is C20H15NO3S2. The van der Waals surface area contributed by atoms with Crippen molar-refractivity contribution in [1.82, 2.24) is 4.57 Å². The Morgan fingerprint density at radius 1 is 1.12 bits per heavy atom. The van der Waals surface area contributed by atoms with E-state index < -0.39 is 0 Å². The first kappa shape index (κ1) is 16.8. The largest absolute Gasteiger partial charge is 0.462 e. The molecule has 6 heteroatoms. The van der Waals surface area contributed by atoms with E-state index in [1.54, 1.807) is 23.6 Å². The van der Waals surface area contributed by atoms with Crippen molar-refractivity contribution in [2.45, 2.75) is 6.92 Å². The Balaban J connectivity index is 2.08. The fraction of sp³-hybridized carbons (Fsp3) is 0.100. The predicted molar refractivity (Wildman–Crippen MR) is 107 cm³/mol. The van der Waals surface area contributed by atoms with Gasteiger partial charge in [-0.25, -0.2) is 4.79 Å². The van der Waals surface area contributed by atoms with E-state index in [0.29, 0.717) is 11.5 Å². The summed E-state index contributed by atoms with van der Waals surface area (Å²) in [5.41, 5.74) is 2.43. The quantitative estimate of drug-likeness (QED) is 0.470. The van der Waals surface area contributed by atoms with E-state index in [1.165, 1.54) is 22.7 Å². The molecule has 0 N–H and O–H groups in total. The molecule has 0 atom stereocenters. The zero-order valence-corrected chi connectivity index (χ0v) is 15.6. The molecule has 0 fully saturated rings. The first-order chi connectivity index (χ1) is 12.7. The van der Waals surface area contributed by atoms with Crippen LogP contribution in [0.2, 0.25) is 0 Å². The number of ether oxygens (including phenoxy) is 1. The van der Waals surface area contributed by atoms with Gasteiger partial charge in [-0.15, -0.1) is 11.3 Å². The summed E-state index contributed by atoms with van der Waals surface area (Å²) in [4.78, 5) is 26.4. The number of pyridine rings is 1. The number of esters is 1. The van der Waals surface area contributed by atoms with Gasteiger partial charge in [-0.05, 0) is 30.0 Å². The minimum Gasteiger partial charge on any atom is -0.462 e. The lowest BCUT2D eigenvalue weighted by Gasteiger charge is -2.06. The summed E-state index contributed by atoms with van der Waals surface area (Å²) in [6.45, 7) is 2.09. The molecule has 130 valence electrons. The summed E-state index contributed by atoms with van der Waals surface area (Å²) in [7, 11) is 0. The average Bonchev–Trinajstić information content (AvgIpc) is 3.30. The van der Waals surface area contributed by atoms with Crippen molar-refractivity contribution in [3.8, 4) is 16.8 Å². The first-order valence-corrected chi connectivity index (χ1v) is 9.90. The van der Waals surface area contributed by atoms with Crippen LogP contribution in [0.5, 0.6) is 0 Å². The number of carbonyl (C=O) groups excluding carboxylic acids is 1. The molecule has 3 heterocycles. The fourth-order valence-electron chi connectivity index (χ4n) is 2.94. The lowest BCUT2D eigenvalue weighted by atomic mass is 10.0. The van der Waals surface area contributed by atoms with Gasteiger partial charge in [0, 0.05) is 22.4 Å². The van der Waals surface area contributed by atoms with Gasteiger partial charge in [0.05, 0.1) is 12.3 Å². The van der Waals surface area contributed by atoms with Crippen molar-refractivity contribution in [3.05, 3.63) is 74.5 Å². The molecule has 0 aliphatic rings. The van der Waals surface area contributed by atoms with Gasteiger partial charge < -0.3 is 4.74 Å². The Morgan fingerprint density at radius 2 is 1.92 bits per heavy atom. The standard InChI is InChI=1S/C20H15NO3S2/c1-2-24-20(23)18-17(13-6-4-3-5-7-13)15-8-9-16(22)21(19(15)26-18)14-10-11-25-12-14/h3-12H,2H2,1H3. The number of fused-ring (bicyclic) bond motifs is 1. The van der Waals surface area contributed by atoms with E-state index in [9.17, 15) is 9.59 Å². The minimum atomic E-state index is -0.364. The first-order valence-electron chi connectivity index (χ1n) is 8.14. The minimum absolute atomic E-state index is 0.118. The van der Waals surface area contributed by atoms with Crippen molar-refractivity contribution in [2.75, 3.05) is 6.61 Å². The molecule has 26 heavy (non-hydrogen) atoms. The van der Waals surface area contributed by atoms with Crippen LogP contribution in [0.25, 0.3) is 27.0 Å². The highest BCUT2D eigenvalue weighted by Gasteiger charge is 2.23. The maximum Gasteiger partial charge on any atom is 0.349 e. The predicted octanol–water partition coefficient (Wildman–Crippen LogP) is 4.96. The number of carbonyl (C=O) groups is 1. The zero-order valence-electron chi connectivity index (χ0n) is 14.0. The van der Waals surface area contributed by atoms with E-state index in [0.717, 1.165) is 27.0 Å². The molecule has 0 unspecified atom stereocenters. The monoisotopic (exact) mass is 381 g/mol. The van der Waals surface area contributed by atoms with Gasteiger partial charge in [-0.2, -0.15) is 11.3 Å². The molecule has 1 aromatic carbocycles. The molecule has 3 aromatic heterocycles. The second kappa shape index (κ2) is 6.90. The molecule has 4 rings (SSSR count). The third kappa shape index (κ3) is 2.77. The molecule has 0 aliphatic carbocycles. The summed E-state index contributed by atoms with van der Waals surface area (Å²) in [5, 5.41) is 4.72. The Hall–Kier alpha value is -2.70. The van der Waals surface area contributed by atoms with Crippen molar-refractivity contribution in [1.29, 1.82) is 0 Å². The molecule has 0 bridgehead atoms.